The molecule has 0 aromatic heterocycles. The first kappa shape index (κ1) is 14.0. The zero-order valence-corrected chi connectivity index (χ0v) is 10.4. The minimum atomic E-state index is 0.0718. The van der Waals surface area contributed by atoms with Crippen LogP contribution in [0.5, 0.6) is 5.75 Å². The SMILES string of the molecule is CC[N+](C)(CC)CC.[O-]c1ccccc1. The topological polar surface area (TPSA) is 23.1 Å². The summed E-state index contributed by atoms with van der Waals surface area (Å²) in [5, 5.41) is 10.3. The lowest BCUT2D eigenvalue weighted by molar-refractivity contribution is -0.904. The Morgan fingerprint density at radius 3 is 1.47 bits per heavy atom. The van der Waals surface area contributed by atoms with Crippen molar-refractivity contribution in [3.63, 3.8) is 0 Å². The van der Waals surface area contributed by atoms with E-state index in [1.807, 2.05) is 6.07 Å². The van der Waals surface area contributed by atoms with Gasteiger partial charge >= 0.3 is 0 Å². The molecule has 0 bridgehead atoms. The van der Waals surface area contributed by atoms with Crippen LogP contribution in [-0.2, 0) is 0 Å². The van der Waals surface area contributed by atoms with Crippen LogP contribution in [0.25, 0.3) is 0 Å². The van der Waals surface area contributed by atoms with Crippen LogP contribution in [-0.4, -0.2) is 31.2 Å². The maximum absolute atomic E-state index is 10.3. The van der Waals surface area contributed by atoms with Crippen molar-refractivity contribution in [1.82, 2.24) is 0 Å². The fourth-order valence-electron chi connectivity index (χ4n) is 1.09. The van der Waals surface area contributed by atoms with Crippen molar-refractivity contribution in [2.24, 2.45) is 0 Å². The Hall–Kier alpha value is -1.02. The van der Waals surface area contributed by atoms with E-state index in [9.17, 15) is 5.11 Å². The normalized spacial score (nSPS) is 10.4. The Morgan fingerprint density at radius 2 is 1.33 bits per heavy atom. The third kappa shape index (κ3) is 6.13. The van der Waals surface area contributed by atoms with Crippen molar-refractivity contribution >= 4 is 0 Å². The Labute approximate surface area is 93.8 Å². The summed E-state index contributed by atoms with van der Waals surface area (Å²) in [5.41, 5.74) is 0. The van der Waals surface area contributed by atoms with Gasteiger partial charge in [-0.25, -0.2) is 0 Å². The molecule has 0 unspecified atom stereocenters. The average Bonchev–Trinajstić information content (AvgIpc) is 2.30. The molecule has 86 valence electrons. The lowest BCUT2D eigenvalue weighted by Crippen LogP contribution is -2.42. The third-order valence-electron chi connectivity index (χ3n) is 3.03. The Balaban J connectivity index is 0.000000262. The molecule has 1 aromatic rings. The van der Waals surface area contributed by atoms with Gasteiger partial charge in [0, 0.05) is 0 Å². The van der Waals surface area contributed by atoms with Crippen molar-refractivity contribution in [3.8, 4) is 5.75 Å². The van der Waals surface area contributed by atoms with E-state index in [0.29, 0.717) is 0 Å². The summed E-state index contributed by atoms with van der Waals surface area (Å²) in [4.78, 5) is 0. The van der Waals surface area contributed by atoms with Gasteiger partial charge in [-0.15, -0.1) is 5.75 Å². The van der Waals surface area contributed by atoms with Crippen LogP contribution in [0.1, 0.15) is 20.8 Å². The number of hydrogen-bond donors (Lipinski definition) is 0. The molecule has 1 aromatic carbocycles. The number of para-hydroxylation sites is 1. The van der Waals surface area contributed by atoms with Gasteiger partial charge < -0.3 is 9.59 Å². The molecule has 1 rings (SSSR count). The van der Waals surface area contributed by atoms with Crippen molar-refractivity contribution in [2.75, 3.05) is 26.7 Å². The van der Waals surface area contributed by atoms with Gasteiger partial charge in [-0.3, -0.25) is 0 Å². The molecular weight excluding hydrogens is 186 g/mol. The van der Waals surface area contributed by atoms with Gasteiger partial charge in [0.2, 0.25) is 0 Å². The van der Waals surface area contributed by atoms with Gasteiger partial charge in [0.25, 0.3) is 0 Å². The number of nitrogens with zero attached hydrogens (tertiary/aromatic N) is 1. The third-order valence-corrected chi connectivity index (χ3v) is 3.03. The molecule has 2 nitrogen and oxygen atoms in total. The molecule has 0 aliphatic rings. The number of quaternary nitrogens is 1. The molecule has 0 spiro atoms. The molecule has 15 heavy (non-hydrogen) atoms. The zero-order valence-electron chi connectivity index (χ0n) is 10.4. The molecule has 0 amide bonds. The number of benzene rings is 1. The molecule has 0 aliphatic heterocycles. The predicted molar refractivity (Wildman–Crippen MR) is 63.7 cm³/mol. The Morgan fingerprint density at radius 1 is 0.933 bits per heavy atom. The van der Waals surface area contributed by atoms with Crippen LogP contribution in [0.2, 0.25) is 0 Å². The van der Waals surface area contributed by atoms with Gasteiger partial charge in [-0.2, -0.15) is 0 Å². The Bertz CT molecular complexity index is 234. The van der Waals surface area contributed by atoms with E-state index in [4.69, 9.17) is 0 Å². The van der Waals surface area contributed by atoms with Crippen LogP contribution < -0.4 is 5.11 Å². The standard InChI is InChI=1S/C7H18N.C6H6O/c1-5-8(4,6-2)7-3;7-6-4-2-1-3-5-6/h5-7H2,1-4H3;1-5,7H/q+1;/p-1. The minimum absolute atomic E-state index is 0.0718. The maximum Gasteiger partial charge on any atom is 0.0755 e. The molecule has 0 fully saturated rings. The fourth-order valence-corrected chi connectivity index (χ4v) is 1.09. The highest BCUT2D eigenvalue weighted by atomic mass is 16.3. The highest BCUT2D eigenvalue weighted by Crippen LogP contribution is 1.98. The van der Waals surface area contributed by atoms with E-state index in [-0.39, 0.29) is 5.75 Å². The van der Waals surface area contributed by atoms with Gasteiger partial charge in [0.05, 0.1) is 26.7 Å². The molecule has 0 saturated heterocycles. The van der Waals surface area contributed by atoms with E-state index in [0.717, 1.165) is 0 Å². The highest BCUT2D eigenvalue weighted by Gasteiger charge is 2.10. The lowest BCUT2D eigenvalue weighted by Gasteiger charge is -2.30. The smallest absolute Gasteiger partial charge is 0.0755 e. The number of hydrogen-bond acceptors (Lipinski definition) is 1. The van der Waals surface area contributed by atoms with Crippen molar-refractivity contribution < 1.29 is 9.59 Å². The second-order valence-electron chi connectivity index (χ2n) is 3.88. The first-order valence-electron chi connectivity index (χ1n) is 5.63. The van der Waals surface area contributed by atoms with E-state index >= 15 is 0 Å². The second kappa shape index (κ2) is 7.30. The summed E-state index contributed by atoms with van der Waals surface area (Å²) in [6.45, 7) is 10.5. The predicted octanol–water partition coefficient (Wildman–Crippen LogP) is 2.25. The van der Waals surface area contributed by atoms with Crippen molar-refractivity contribution in [1.29, 1.82) is 0 Å². The summed E-state index contributed by atoms with van der Waals surface area (Å²) < 4.78 is 1.21. The van der Waals surface area contributed by atoms with Crippen LogP contribution >= 0.6 is 0 Å². The largest absolute Gasteiger partial charge is 0.872 e. The van der Waals surface area contributed by atoms with Gasteiger partial charge in [0.15, 0.2) is 0 Å². The van der Waals surface area contributed by atoms with Gasteiger partial charge in [-0.1, -0.05) is 30.3 Å². The molecule has 0 aliphatic carbocycles. The summed E-state index contributed by atoms with van der Waals surface area (Å²) in [6, 6.07) is 8.33. The second-order valence-corrected chi connectivity index (χ2v) is 3.88. The first-order valence-corrected chi connectivity index (χ1v) is 5.63. The molecule has 0 saturated carbocycles. The number of rotatable bonds is 3. The van der Waals surface area contributed by atoms with Crippen molar-refractivity contribution in [3.05, 3.63) is 30.3 Å². The first-order chi connectivity index (χ1) is 7.08. The zero-order chi connectivity index (χ0) is 11.7. The summed E-state index contributed by atoms with van der Waals surface area (Å²) in [6.07, 6.45) is 0. The Kier molecular flexibility index (Phi) is 6.80. The van der Waals surface area contributed by atoms with E-state index in [1.165, 1.54) is 36.3 Å². The molecule has 0 atom stereocenters. The molecule has 0 heterocycles. The molecule has 0 N–H and O–H groups in total. The van der Waals surface area contributed by atoms with E-state index in [1.54, 1.807) is 12.1 Å². The van der Waals surface area contributed by atoms with Gasteiger partial charge in [-0.05, 0) is 20.8 Å². The monoisotopic (exact) mass is 209 g/mol. The lowest BCUT2D eigenvalue weighted by atomic mass is 10.3. The van der Waals surface area contributed by atoms with Crippen LogP contribution in [0.15, 0.2) is 30.3 Å². The maximum atomic E-state index is 10.3. The van der Waals surface area contributed by atoms with Crippen molar-refractivity contribution in [2.45, 2.75) is 20.8 Å². The minimum Gasteiger partial charge on any atom is -0.872 e. The molecule has 2 heteroatoms. The highest BCUT2D eigenvalue weighted by molar-refractivity contribution is 5.17. The molecule has 0 radical (unpaired) electrons. The van der Waals surface area contributed by atoms with E-state index < -0.39 is 0 Å². The van der Waals surface area contributed by atoms with Crippen LogP contribution in [0.3, 0.4) is 0 Å². The fraction of sp³-hybridized carbons (Fsp3) is 0.538. The van der Waals surface area contributed by atoms with E-state index in [2.05, 4.69) is 27.8 Å². The summed E-state index contributed by atoms with van der Waals surface area (Å²) in [7, 11) is 2.29. The summed E-state index contributed by atoms with van der Waals surface area (Å²) >= 11 is 0. The van der Waals surface area contributed by atoms with Crippen LogP contribution in [0, 0.1) is 0 Å². The van der Waals surface area contributed by atoms with Crippen LogP contribution in [0.4, 0.5) is 0 Å². The average molecular weight is 209 g/mol. The summed E-state index contributed by atoms with van der Waals surface area (Å²) in [5.74, 6) is 0.0718. The quantitative estimate of drug-likeness (QED) is 0.700. The van der Waals surface area contributed by atoms with Gasteiger partial charge in [0.1, 0.15) is 0 Å². The molecular formula is C13H23NO.